The van der Waals surface area contributed by atoms with E-state index in [9.17, 15) is 0 Å². The highest BCUT2D eigenvalue weighted by molar-refractivity contribution is 5.94. The largest absolute Gasteiger partial charge is 0.256 e. The number of nitrogens with zero attached hydrogens (tertiary/aromatic N) is 3. The molecule has 216 valence electrons. The van der Waals surface area contributed by atoms with Gasteiger partial charge < -0.3 is 0 Å². The second kappa shape index (κ2) is 12.1. The van der Waals surface area contributed by atoms with Crippen LogP contribution in [0.1, 0.15) is 0 Å². The molecule has 0 fully saturated rings. The van der Waals surface area contributed by atoms with Crippen LogP contribution in [0, 0.1) is 0 Å². The molecule has 0 saturated heterocycles. The molecule has 46 heavy (non-hydrogen) atoms. The van der Waals surface area contributed by atoms with Crippen molar-refractivity contribution < 1.29 is 0 Å². The van der Waals surface area contributed by atoms with Gasteiger partial charge in [0.25, 0.3) is 0 Å². The molecule has 0 amide bonds. The van der Waals surface area contributed by atoms with Crippen molar-refractivity contribution in [3.8, 4) is 67.3 Å². The van der Waals surface area contributed by atoms with E-state index in [1.165, 1.54) is 11.1 Å². The molecular weight excluding hydrogens is 558 g/mol. The summed E-state index contributed by atoms with van der Waals surface area (Å²) in [5.41, 5.74) is 12.7. The summed E-state index contributed by atoms with van der Waals surface area (Å²) < 4.78 is 0. The molecule has 0 unspecified atom stereocenters. The first-order chi connectivity index (χ1) is 22.8. The lowest BCUT2D eigenvalue weighted by Crippen LogP contribution is -1.96. The Morgan fingerprint density at radius 3 is 1.46 bits per heavy atom. The van der Waals surface area contributed by atoms with Gasteiger partial charge in [-0.2, -0.15) is 0 Å². The summed E-state index contributed by atoms with van der Waals surface area (Å²) in [5.74, 6) is 0.689. The summed E-state index contributed by atoms with van der Waals surface area (Å²) in [6, 6.07) is 59.1. The number of aromatic nitrogens is 3. The molecule has 0 aliphatic rings. The molecule has 3 heteroatoms. The van der Waals surface area contributed by atoms with E-state index in [0.717, 1.165) is 61.2 Å². The molecule has 8 aromatic rings. The topological polar surface area (TPSA) is 38.7 Å². The molecule has 0 atom stereocenters. The van der Waals surface area contributed by atoms with Crippen molar-refractivity contribution in [1.29, 1.82) is 0 Å². The third-order valence-electron chi connectivity index (χ3n) is 8.36. The predicted octanol–water partition coefficient (Wildman–Crippen LogP) is 11.0. The van der Waals surface area contributed by atoms with Crippen molar-refractivity contribution in [3.63, 3.8) is 0 Å². The van der Waals surface area contributed by atoms with Crippen molar-refractivity contribution in [1.82, 2.24) is 15.0 Å². The molecule has 8 rings (SSSR count). The van der Waals surface area contributed by atoms with Crippen LogP contribution in [-0.2, 0) is 0 Å². The summed E-state index contributed by atoms with van der Waals surface area (Å²) in [6.45, 7) is 0. The Balaban J connectivity index is 1.25. The first kappa shape index (κ1) is 27.4. The second-order valence-corrected chi connectivity index (χ2v) is 11.3. The maximum absolute atomic E-state index is 5.15. The van der Waals surface area contributed by atoms with Crippen LogP contribution < -0.4 is 0 Å². The van der Waals surface area contributed by atoms with E-state index in [0.29, 0.717) is 5.82 Å². The fourth-order valence-corrected chi connectivity index (χ4v) is 6.00. The smallest absolute Gasteiger partial charge is 0.160 e. The molecule has 0 bridgehead atoms. The van der Waals surface area contributed by atoms with Gasteiger partial charge in [-0.05, 0) is 63.7 Å². The minimum absolute atomic E-state index is 0.689. The van der Waals surface area contributed by atoms with Gasteiger partial charge >= 0.3 is 0 Å². The number of pyridine rings is 1. The maximum atomic E-state index is 5.15. The molecule has 0 saturated carbocycles. The van der Waals surface area contributed by atoms with E-state index in [1.54, 1.807) is 0 Å². The molecular formula is C43H29N3. The quantitative estimate of drug-likeness (QED) is 0.194. The highest BCUT2D eigenvalue weighted by atomic mass is 14.9. The average molecular weight is 588 g/mol. The van der Waals surface area contributed by atoms with Crippen LogP contribution in [0.3, 0.4) is 0 Å². The van der Waals surface area contributed by atoms with Crippen LogP contribution in [0.4, 0.5) is 0 Å². The SMILES string of the molecule is c1ccc(-c2cccc(-c3cc(-c4cccc(-c5ccccc5)c4)nc(-c4ccc(-c5cccc6ncccc56)cc4)n3)c2)cc1. The zero-order valence-electron chi connectivity index (χ0n) is 25.1. The minimum Gasteiger partial charge on any atom is -0.256 e. The van der Waals surface area contributed by atoms with Gasteiger partial charge in [-0.3, -0.25) is 4.98 Å². The highest BCUT2D eigenvalue weighted by Crippen LogP contribution is 2.33. The lowest BCUT2D eigenvalue weighted by atomic mass is 9.98. The van der Waals surface area contributed by atoms with Gasteiger partial charge in [0.15, 0.2) is 5.82 Å². The maximum Gasteiger partial charge on any atom is 0.160 e. The predicted molar refractivity (Wildman–Crippen MR) is 190 cm³/mol. The Hall–Kier alpha value is -6.19. The van der Waals surface area contributed by atoms with Gasteiger partial charge in [0.05, 0.1) is 16.9 Å². The highest BCUT2D eigenvalue weighted by Gasteiger charge is 2.13. The van der Waals surface area contributed by atoms with Gasteiger partial charge in [0.1, 0.15) is 0 Å². The normalized spacial score (nSPS) is 11.0. The zero-order valence-corrected chi connectivity index (χ0v) is 25.1. The molecule has 0 aliphatic carbocycles. The van der Waals surface area contributed by atoms with Gasteiger partial charge in [-0.25, -0.2) is 9.97 Å². The molecule has 2 heterocycles. The number of benzene rings is 6. The summed E-state index contributed by atoms with van der Waals surface area (Å²) in [6.07, 6.45) is 1.84. The molecule has 0 aliphatic heterocycles. The minimum atomic E-state index is 0.689. The van der Waals surface area contributed by atoms with E-state index in [4.69, 9.17) is 9.97 Å². The van der Waals surface area contributed by atoms with Crippen LogP contribution in [0.15, 0.2) is 176 Å². The molecule has 6 aromatic carbocycles. The number of fused-ring (bicyclic) bond motifs is 1. The first-order valence-corrected chi connectivity index (χ1v) is 15.4. The standard InChI is InChI=1S/C43H29N3/c1-3-11-30(12-4-1)34-15-7-17-36(27-34)41-29-42(37-18-8-16-35(28-37)31-13-5-2-6-14-31)46-43(45-41)33-24-22-32(23-25-33)38-19-9-21-40-39(38)20-10-26-44-40/h1-29H. The van der Waals surface area contributed by atoms with E-state index in [1.807, 2.05) is 30.5 Å². The van der Waals surface area contributed by atoms with Crippen LogP contribution in [-0.4, -0.2) is 15.0 Å². The second-order valence-electron chi connectivity index (χ2n) is 11.3. The fraction of sp³-hybridized carbons (Fsp3) is 0. The average Bonchev–Trinajstić information content (AvgIpc) is 3.15. The van der Waals surface area contributed by atoms with Gasteiger partial charge in [0.2, 0.25) is 0 Å². The molecule has 3 nitrogen and oxygen atoms in total. The third kappa shape index (κ3) is 5.47. The Labute approximate surface area is 268 Å². The summed E-state index contributed by atoms with van der Waals surface area (Å²) in [5, 5.41) is 1.13. The summed E-state index contributed by atoms with van der Waals surface area (Å²) in [4.78, 5) is 14.8. The van der Waals surface area contributed by atoms with E-state index < -0.39 is 0 Å². The van der Waals surface area contributed by atoms with Crippen LogP contribution >= 0.6 is 0 Å². The lowest BCUT2D eigenvalue weighted by Gasteiger charge is -2.12. The lowest BCUT2D eigenvalue weighted by molar-refractivity contribution is 1.18. The zero-order chi connectivity index (χ0) is 30.7. The van der Waals surface area contributed by atoms with Crippen molar-refractivity contribution in [2.24, 2.45) is 0 Å². The van der Waals surface area contributed by atoms with Crippen LogP contribution in [0.25, 0.3) is 78.2 Å². The third-order valence-corrected chi connectivity index (χ3v) is 8.36. The first-order valence-electron chi connectivity index (χ1n) is 15.4. The molecule has 0 spiro atoms. The van der Waals surface area contributed by atoms with Gasteiger partial charge in [-0.15, -0.1) is 0 Å². The fourth-order valence-electron chi connectivity index (χ4n) is 6.00. The Morgan fingerprint density at radius 2 is 0.848 bits per heavy atom. The molecule has 2 aromatic heterocycles. The molecule has 0 N–H and O–H groups in total. The van der Waals surface area contributed by atoms with E-state index in [-0.39, 0.29) is 0 Å². The van der Waals surface area contributed by atoms with Crippen molar-refractivity contribution in [2.75, 3.05) is 0 Å². The van der Waals surface area contributed by atoms with Gasteiger partial charge in [0, 0.05) is 28.3 Å². The number of hydrogen-bond acceptors (Lipinski definition) is 3. The monoisotopic (exact) mass is 587 g/mol. The summed E-state index contributed by atoms with van der Waals surface area (Å²) >= 11 is 0. The number of rotatable bonds is 6. The van der Waals surface area contributed by atoms with Crippen molar-refractivity contribution >= 4 is 10.9 Å². The summed E-state index contributed by atoms with van der Waals surface area (Å²) in [7, 11) is 0. The van der Waals surface area contributed by atoms with Crippen molar-refractivity contribution in [2.45, 2.75) is 0 Å². The van der Waals surface area contributed by atoms with E-state index >= 15 is 0 Å². The van der Waals surface area contributed by atoms with Gasteiger partial charge in [-0.1, -0.05) is 140 Å². The van der Waals surface area contributed by atoms with Crippen LogP contribution in [0.5, 0.6) is 0 Å². The Kier molecular flexibility index (Phi) is 7.18. The van der Waals surface area contributed by atoms with Crippen LogP contribution in [0.2, 0.25) is 0 Å². The van der Waals surface area contributed by atoms with E-state index in [2.05, 4.69) is 151 Å². The Bertz CT molecular complexity index is 2190. The molecule has 0 radical (unpaired) electrons. The van der Waals surface area contributed by atoms with Crippen molar-refractivity contribution in [3.05, 3.63) is 176 Å². The number of hydrogen-bond donors (Lipinski definition) is 0. The Morgan fingerprint density at radius 1 is 0.326 bits per heavy atom.